The molecule has 0 bridgehead atoms. The highest BCUT2D eigenvalue weighted by atomic mass is 32.2. The number of hydrogen-bond donors (Lipinski definition) is 2. The van der Waals surface area contributed by atoms with E-state index in [1.54, 1.807) is 24.0 Å². The Balaban J connectivity index is 1.22. The summed E-state index contributed by atoms with van der Waals surface area (Å²) in [5, 5.41) is 4.89. The van der Waals surface area contributed by atoms with Crippen LogP contribution in [0.25, 0.3) is 16.4 Å². The lowest BCUT2D eigenvalue weighted by Gasteiger charge is -2.43. The molecule has 4 aromatic rings. The normalized spacial score (nSPS) is 20.3. The molecule has 1 spiro atoms. The van der Waals surface area contributed by atoms with Crippen LogP contribution in [0.2, 0.25) is 0 Å². The van der Waals surface area contributed by atoms with Gasteiger partial charge in [0.2, 0.25) is 11.9 Å². The number of nitrogens with two attached hydrogens (primary N) is 1. The average Bonchev–Trinajstić information content (AvgIpc) is 3.55. The second-order valence-corrected chi connectivity index (χ2v) is 13.2. The van der Waals surface area contributed by atoms with Crippen LogP contribution in [0.1, 0.15) is 50.9 Å². The molecule has 6 rings (SSSR count). The van der Waals surface area contributed by atoms with Gasteiger partial charge in [-0.3, -0.25) is 9.20 Å². The monoisotopic (exact) mass is 588 g/mol. The first-order valence-corrected chi connectivity index (χ1v) is 15.0. The van der Waals surface area contributed by atoms with E-state index in [9.17, 15) is 9.59 Å². The van der Waals surface area contributed by atoms with E-state index in [0.717, 1.165) is 58.1 Å². The number of nitrogens with zero attached hydrogens (tertiary/aromatic N) is 4. The van der Waals surface area contributed by atoms with E-state index in [1.165, 1.54) is 0 Å². The minimum absolute atomic E-state index is 0.0908. The second-order valence-electron chi connectivity index (χ2n) is 12.2. The van der Waals surface area contributed by atoms with Gasteiger partial charge in [-0.25, -0.2) is 14.8 Å². The molecule has 10 nitrogen and oxygen atoms in total. The van der Waals surface area contributed by atoms with Crippen LogP contribution in [0.4, 0.5) is 10.7 Å². The van der Waals surface area contributed by atoms with Crippen molar-refractivity contribution in [1.29, 1.82) is 0 Å². The van der Waals surface area contributed by atoms with Gasteiger partial charge < -0.3 is 25.4 Å². The van der Waals surface area contributed by atoms with Crippen LogP contribution < -0.4 is 16.0 Å². The van der Waals surface area contributed by atoms with E-state index in [-0.39, 0.29) is 17.6 Å². The highest BCUT2D eigenvalue weighted by Crippen LogP contribution is 2.43. The lowest BCUT2D eigenvalue weighted by atomic mass is 9.73. The van der Waals surface area contributed by atoms with Crippen LogP contribution in [0.15, 0.2) is 64.8 Å². The van der Waals surface area contributed by atoms with Gasteiger partial charge in [-0.1, -0.05) is 36.0 Å². The summed E-state index contributed by atoms with van der Waals surface area (Å²) in [6, 6.07) is 11.4. The minimum atomic E-state index is -0.560. The molecule has 0 radical (unpaired) electrons. The molecule has 0 aliphatic carbocycles. The Kier molecular flexibility index (Phi) is 7.26. The van der Waals surface area contributed by atoms with Crippen LogP contribution in [0.3, 0.4) is 0 Å². The molecule has 4 heterocycles. The molecule has 2 fully saturated rings. The molecule has 2 amide bonds. The second kappa shape index (κ2) is 10.8. The van der Waals surface area contributed by atoms with Gasteiger partial charge in [-0.2, -0.15) is 0 Å². The number of primary amides is 1. The lowest BCUT2D eigenvalue weighted by Crippen LogP contribution is -2.55. The Morgan fingerprint density at radius 3 is 2.55 bits per heavy atom. The number of anilines is 1. The molecule has 2 saturated heterocycles. The zero-order valence-corrected chi connectivity index (χ0v) is 25.1. The molecule has 3 N–H and O–H groups in total. The average molecular weight is 589 g/mol. The Bertz CT molecular complexity index is 1660. The minimum Gasteiger partial charge on any atom is -0.444 e. The highest BCUT2D eigenvalue weighted by molar-refractivity contribution is 7.99. The maximum atomic E-state index is 12.6. The number of amides is 2. The van der Waals surface area contributed by atoms with Crippen LogP contribution in [0.5, 0.6) is 0 Å². The third kappa shape index (κ3) is 5.27. The van der Waals surface area contributed by atoms with Crippen molar-refractivity contribution in [3.8, 4) is 0 Å². The topological polar surface area (TPSA) is 124 Å². The zero-order valence-electron chi connectivity index (χ0n) is 24.3. The number of ether oxygens (including phenoxy) is 2. The fourth-order valence-corrected chi connectivity index (χ4v) is 7.19. The first-order chi connectivity index (χ1) is 20.0. The van der Waals surface area contributed by atoms with Gasteiger partial charge in [0.05, 0.1) is 23.6 Å². The van der Waals surface area contributed by atoms with Crippen molar-refractivity contribution in [3.63, 3.8) is 0 Å². The van der Waals surface area contributed by atoms with Crippen molar-refractivity contribution >= 4 is 46.1 Å². The fraction of sp³-hybridized carbons (Fsp3) is 0.419. The van der Waals surface area contributed by atoms with Crippen LogP contribution in [-0.4, -0.2) is 63.8 Å². The molecule has 0 unspecified atom stereocenters. The van der Waals surface area contributed by atoms with Crippen LogP contribution in [0, 0.1) is 5.41 Å². The zero-order chi connectivity index (χ0) is 29.6. The summed E-state index contributed by atoms with van der Waals surface area (Å²) in [7, 11) is 0. The van der Waals surface area contributed by atoms with Gasteiger partial charge in [0.25, 0.3) is 0 Å². The molecule has 2 atom stereocenters. The number of fused-ring (bicyclic) bond motifs is 2. The van der Waals surface area contributed by atoms with Crippen molar-refractivity contribution in [2.75, 3.05) is 24.6 Å². The van der Waals surface area contributed by atoms with E-state index in [1.807, 2.05) is 74.8 Å². The summed E-state index contributed by atoms with van der Waals surface area (Å²) in [4.78, 5) is 38.4. The van der Waals surface area contributed by atoms with Crippen molar-refractivity contribution in [2.24, 2.45) is 11.1 Å². The molecule has 2 aromatic heterocycles. The summed E-state index contributed by atoms with van der Waals surface area (Å²) in [6.45, 7) is 9.76. The number of imidazole rings is 1. The summed E-state index contributed by atoms with van der Waals surface area (Å²) >= 11 is 1.57. The number of piperidine rings is 1. The van der Waals surface area contributed by atoms with Crippen molar-refractivity contribution in [1.82, 2.24) is 19.7 Å². The van der Waals surface area contributed by atoms with Gasteiger partial charge in [0.15, 0.2) is 5.65 Å². The van der Waals surface area contributed by atoms with Crippen molar-refractivity contribution < 1.29 is 19.1 Å². The predicted octanol–water partition coefficient (Wildman–Crippen LogP) is 5.03. The predicted molar refractivity (Wildman–Crippen MR) is 162 cm³/mol. The fourth-order valence-electron chi connectivity index (χ4n) is 6.18. The van der Waals surface area contributed by atoms with E-state index in [4.69, 9.17) is 20.2 Å². The van der Waals surface area contributed by atoms with Gasteiger partial charge >= 0.3 is 6.09 Å². The van der Waals surface area contributed by atoms with E-state index < -0.39 is 17.6 Å². The summed E-state index contributed by atoms with van der Waals surface area (Å²) in [6.07, 6.45) is 6.81. The van der Waals surface area contributed by atoms with E-state index >= 15 is 0 Å². The Morgan fingerprint density at radius 1 is 1.10 bits per heavy atom. The van der Waals surface area contributed by atoms with Crippen molar-refractivity contribution in [2.45, 2.75) is 68.1 Å². The number of hydrogen-bond acceptors (Lipinski definition) is 8. The number of nitrogens with one attached hydrogen (secondary N) is 1. The van der Waals surface area contributed by atoms with E-state index in [2.05, 4.69) is 15.2 Å². The first kappa shape index (κ1) is 28.3. The maximum absolute atomic E-state index is 12.6. The van der Waals surface area contributed by atoms with Gasteiger partial charge in [-0.05, 0) is 63.4 Å². The third-order valence-corrected chi connectivity index (χ3v) is 9.30. The number of benzene rings is 2. The SMILES string of the molecule is C[C@@H]1OCC2(CCN(c3ncc(Sc4ccc(C(N)=O)c5ccccc45)c4nccn34)CC2)[C@@H]1NC(=O)OC(C)(C)C. The maximum Gasteiger partial charge on any atom is 0.407 e. The van der Waals surface area contributed by atoms with Gasteiger partial charge in [-0.15, -0.1) is 0 Å². The molecule has 2 aromatic carbocycles. The van der Waals surface area contributed by atoms with Crippen LogP contribution >= 0.6 is 11.8 Å². The van der Waals surface area contributed by atoms with Gasteiger partial charge in [0, 0.05) is 47.6 Å². The molecular formula is C31H36N6O4S. The number of alkyl carbamates (subject to hydrolysis) is 1. The first-order valence-electron chi connectivity index (χ1n) is 14.2. The van der Waals surface area contributed by atoms with E-state index in [0.29, 0.717) is 12.2 Å². The largest absolute Gasteiger partial charge is 0.444 e. The lowest BCUT2D eigenvalue weighted by molar-refractivity contribution is 0.0434. The Labute approximate surface area is 249 Å². The molecule has 0 saturated carbocycles. The third-order valence-electron chi connectivity index (χ3n) is 8.22. The molecule has 220 valence electrons. The number of carbonyl (C=O) groups is 2. The number of aromatic nitrogens is 3. The Hall–Kier alpha value is -3.83. The molecule has 11 heteroatoms. The summed E-state index contributed by atoms with van der Waals surface area (Å²) < 4.78 is 13.6. The van der Waals surface area contributed by atoms with Crippen molar-refractivity contribution in [3.05, 3.63) is 60.6 Å². The highest BCUT2D eigenvalue weighted by Gasteiger charge is 2.50. The molecule has 2 aliphatic heterocycles. The summed E-state index contributed by atoms with van der Waals surface area (Å²) in [5.74, 6) is 0.387. The Morgan fingerprint density at radius 2 is 1.83 bits per heavy atom. The standard InChI is InChI=1S/C31H36N6O4S/c1-19-25(35-29(39)41-30(2,3)4)31(18-40-19)11-14-36(15-12-31)28-34-17-24(27-33-13-16-37(27)28)42-23-10-9-22(26(32)38)20-7-5-6-8-21(20)23/h5-10,13,16-17,19,25H,11-12,14-15,18H2,1-4H3,(H2,32,38)(H,35,39)/t19-,25+/m0/s1. The molecule has 2 aliphatic rings. The molecule has 42 heavy (non-hydrogen) atoms. The molecular weight excluding hydrogens is 552 g/mol. The number of carbonyl (C=O) groups excluding carboxylic acids is 2. The van der Waals surface area contributed by atoms with Crippen LogP contribution in [-0.2, 0) is 9.47 Å². The smallest absolute Gasteiger partial charge is 0.407 e. The van der Waals surface area contributed by atoms with Gasteiger partial charge in [0.1, 0.15) is 5.60 Å². The summed E-state index contributed by atoms with van der Waals surface area (Å²) in [5.41, 5.74) is 6.22. The quantitative estimate of drug-likeness (QED) is 0.333. The number of rotatable bonds is 5.